The molecular weight excluding hydrogens is 345 g/mol. The molecule has 96 valence electrons. The Morgan fingerprint density at radius 1 is 1.39 bits per heavy atom. The molecule has 1 fully saturated rings. The highest BCUT2D eigenvalue weighted by Gasteiger charge is 2.41. The van der Waals surface area contributed by atoms with E-state index in [9.17, 15) is 9.59 Å². The first-order valence-electron chi connectivity index (χ1n) is 5.80. The second kappa shape index (κ2) is 5.69. The van der Waals surface area contributed by atoms with Crippen LogP contribution in [0.15, 0.2) is 30.3 Å². The first-order chi connectivity index (χ1) is 8.59. The number of nitrogens with zero attached hydrogens (tertiary/aromatic N) is 1. The first kappa shape index (κ1) is 13.3. The van der Waals surface area contributed by atoms with Crippen LogP contribution in [0.5, 0.6) is 0 Å². The SMILES string of the molecule is O=C(O)[C@@H]1CC(=O)N(CCc2ccccc2)C1I. The van der Waals surface area contributed by atoms with Gasteiger partial charge in [-0.15, -0.1) is 0 Å². The summed E-state index contributed by atoms with van der Waals surface area (Å²) in [5, 5.41) is 9.02. The fraction of sp³-hybridized carbons (Fsp3) is 0.385. The van der Waals surface area contributed by atoms with Crippen molar-refractivity contribution < 1.29 is 14.7 Å². The Labute approximate surface area is 119 Å². The standard InChI is InChI=1S/C13H14INO3/c14-12-10(13(17)18)8-11(16)15(12)7-6-9-4-2-1-3-5-9/h1-5,10,12H,6-8H2,(H,17,18)/t10-,12?/m1/s1. The van der Waals surface area contributed by atoms with E-state index in [2.05, 4.69) is 22.6 Å². The van der Waals surface area contributed by atoms with Crippen molar-refractivity contribution in [2.24, 2.45) is 5.92 Å². The maximum absolute atomic E-state index is 11.8. The van der Waals surface area contributed by atoms with Crippen molar-refractivity contribution in [2.75, 3.05) is 6.54 Å². The fourth-order valence-corrected chi connectivity index (χ4v) is 3.26. The van der Waals surface area contributed by atoms with E-state index < -0.39 is 11.9 Å². The van der Waals surface area contributed by atoms with E-state index in [0.29, 0.717) is 6.54 Å². The molecule has 1 aliphatic heterocycles. The van der Waals surface area contributed by atoms with Crippen LogP contribution in [-0.4, -0.2) is 32.5 Å². The monoisotopic (exact) mass is 359 g/mol. The van der Waals surface area contributed by atoms with Gasteiger partial charge in [-0.25, -0.2) is 0 Å². The van der Waals surface area contributed by atoms with Crippen LogP contribution in [0.1, 0.15) is 12.0 Å². The maximum atomic E-state index is 11.8. The predicted molar refractivity (Wildman–Crippen MR) is 75.4 cm³/mol. The van der Waals surface area contributed by atoms with E-state index in [1.54, 1.807) is 4.90 Å². The molecule has 0 radical (unpaired) electrons. The van der Waals surface area contributed by atoms with Crippen molar-refractivity contribution in [3.63, 3.8) is 0 Å². The van der Waals surface area contributed by atoms with E-state index in [1.165, 1.54) is 0 Å². The van der Waals surface area contributed by atoms with Gasteiger partial charge in [0.2, 0.25) is 5.91 Å². The largest absolute Gasteiger partial charge is 0.481 e. The van der Waals surface area contributed by atoms with Crippen LogP contribution in [0, 0.1) is 5.92 Å². The fourth-order valence-electron chi connectivity index (χ4n) is 2.10. The number of carboxylic acids is 1. The minimum atomic E-state index is -0.884. The third-order valence-electron chi connectivity index (χ3n) is 3.15. The van der Waals surface area contributed by atoms with Gasteiger partial charge in [-0.2, -0.15) is 0 Å². The number of aliphatic carboxylic acids is 1. The van der Waals surface area contributed by atoms with Crippen molar-refractivity contribution in [1.29, 1.82) is 0 Å². The molecule has 1 heterocycles. The molecule has 1 aromatic rings. The number of alkyl halides is 1. The number of halogens is 1. The molecule has 0 aliphatic carbocycles. The molecule has 0 bridgehead atoms. The molecule has 1 unspecified atom stereocenters. The van der Waals surface area contributed by atoms with E-state index in [-0.39, 0.29) is 16.4 Å². The summed E-state index contributed by atoms with van der Waals surface area (Å²) in [4.78, 5) is 24.4. The Kier molecular flexibility index (Phi) is 4.21. The highest BCUT2D eigenvalue weighted by molar-refractivity contribution is 14.1. The van der Waals surface area contributed by atoms with Gasteiger partial charge >= 0.3 is 5.97 Å². The molecule has 1 aromatic carbocycles. The second-order valence-electron chi connectivity index (χ2n) is 4.34. The van der Waals surface area contributed by atoms with Crippen LogP contribution in [-0.2, 0) is 16.0 Å². The summed E-state index contributed by atoms with van der Waals surface area (Å²) in [6, 6.07) is 9.90. The number of benzene rings is 1. The number of carbonyl (C=O) groups is 2. The van der Waals surface area contributed by atoms with Crippen LogP contribution in [0.2, 0.25) is 0 Å². The molecule has 0 aromatic heterocycles. The van der Waals surface area contributed by atoms with Crippen LogP contribution in [0.25, 0.3) is 0 Å². The lowest BCUT2D eigenvalue weighted by atomic mass is 10.1. The van der Waals surface area contributed by atoms with Crippen molar-refractivity contribution in [2.45, 2.75) is 16.9 Å². The summed E-state index contributed by atoms with van der Waals surface area (Å²) in [6.45, 7) is 0.584. The Morgan fingerprint density at radius 2 is 2.06 bits per heavy atom. The van der Waals surface area contributed by atoms with Gasteiger partial charge in [0.05, 0.1) is 9.97 Å². The summed E-state index contributed by atoms with van der Waals surface area (Å²) in [5.74, 6) is -1.52. The molecular formula is C13H14INO3. The Bertz CT molecular complexity index is 449. The summed E-state index contributed by atoms with van der Waals surface area (Å²) in [7, 11) is 0. The lowest BCUT2D eigenvalue weighted by Crippen LogP contribution is -2.34. The van der Waals surface area contributed by atoms with Gasteiger partial charge in [0.25, 0.3) is 0 Å². The van der Waals surface area contributed by atoms with E-state index in [1.807, 2.05) is 30.3 Å². The van der Waals surface area contributed by atoms with Crippen LogP contribution < -0.4 is 0 Å². The topological polar surface area (TPSA) is 57.6 Å². The predicted octanol–water partition coefficient (Wildman–Crippen LogP) is 1.92. The van der Waals surface area contributed by atoms with Gasteiger partial charge in [0, 0.05) is 13.0 Å². The van der Waals surface area contributed by atoms with Gasteiger partial charge in [0.15, 0.2) is 0 Å². The Balaban J connectivity index is 1.97. The smallest absolute Gasteiger partial charge is 0.309 e. The normalized spacial score (nSPS) is 23.4. The molecule has 1 amide bonds. The molecule has 1 aliphatic rings. The highest BCUT2D eigenvalue weighted by atomic mass is 127. The van der Waals surface area contributed by atoms with Crippen molar-refractivity contribution >= 4 is 34.5 Å². The van der Waals surface area contributed by atoms with Crippen LogP contribution >= 0.6 is 22.6 Å². The molecule has 2 rings (SSSR count). The molecule has 0 spiro atoms. The van der Waals surface area contributed by atoms with Crippen molar-refractivity contribution in [3.05, 3.63) is 35.9 Å². The van der Waals surface area contributed by atoms with E-state index in [4.69, 9.17) is 5.11 Å². The molecule has 18 heavy (non-hydrogen) atoms. The highest BCUT2D eigenvalue weighted by Crippen LogP contribution is 2.30. The number of hydrogen-bond acceptors (Lipinski definition) is 2. The number of rotatable bonds is 4. The van der Waals surface area contributed by atoms with E-state index >= 15 is 0 Å². The summed E-state index contributed by atoms with van der Waals surface area (Å²) in [6.07, 6.45) is 0.885. The summed E-state index contributed by atoms with van der Waals surface area (Å²) >= 11 is 2.05. The van der Waals surface area contributed by atoms with Crippen molar-refractivity contribution in [3.8, 4) is 0 Å². The third kappa shape index (κ3) is 2.82. The minimum absolute atomic E-state index is 0.0577. The first-order valence-corrected chi connectivity index (χ1v) is 7.04. The number of amides is 1. The van der Waals surface area contributed by atoms with Gasteiger partial charge in [-0.05, 0) is 12.0 Å². The zero-order valence-electron chi connectivity index (χ0n) is 9.75. The molecule has 1 N–H and O–H groups in total. The van der Waals surface area contributed by atoms with Crippen LogP contribution in [0.3, 0.4) is 0 Å². The summed E-state index contributed by atoms with van der Waals surface area (Å²) < 4.78 is -0.240. The number of likely N-dealkylation sites (tertiary alicyclic amines) is 1. The minimum Gasteiger partial charge on any atom is -0.481 e. The van der Waals surface area contributed by atoms with Crippen LogP contribution in [0.4, 0.5) is 0 Å². The average Bonchev–Trinajstić information content (AvgIpc) is 2.64. The lowest BCUT2D eigenvalue weighted by molar-refractivity contribution is -0.141. The number of carbonyl (C=O) groups excluding carboxylic acids is 1. The lowest BCUT2D eigenvalue weighted by Gasteiger charge is -2.21. The quantitative estimate of drug-likeness (QED) is 0.508. The zero-order valence-corrected chi connectivity index (χ0v) is 11.9. The van der Waals surface area contributed by atoms with Gasteiger partial charge in [-0.1, -0.05) is 52.9 Å². The van der Waals surface area contributed by atoms with Gasteiger partial charge in [-0.3, -0.25) is 9.59 Å². The average molecular weight is 359 g/mol. The Morgan fingerprint density at radius 3 is 2.61 bits per heavy atom. The van der Waals surface area contributed by atoms with Gasteiger partial charge in [0.1, 0.15) is 0 Å². The number of hydrogen-bond donors (Lipinski definition) is 1. The molecule has 2 atom stereocenters. The van der Waals surface area contributed by atoms with E-state index in [0.717, 1.165) is 12.0 Å². The molecule has 4 nitrogen and oxygen atoms in total. The molecule has 1 saturated heterocycles. The second-order valence-corrected chi connectivity index (χ2v) is 5.62. The van der Waals surface area contributed by atoms with Crippen molar-refractivity contribution in [1.82, 2.24) is 4.90 Å². The molecule has 0 saturated carbocycles. The third-order valence-corrected chi connectivity index (χ3v) is 4.69. The summed E-state index contributed by atoms with van der Waals surface area (Å²) in [5.41, 5.74) is 1.16. The molecule has 5 heteroatoms. The Hall–Kier alpha value is -1.11. The van der Waals surface area contributed by atoms with Gasteiger partial charge < -0.3 is 10.0 Å². The maximum Gasteiger partial charge on any atom is 0.309 e. The number of carboxylic acid groups (broad SMARTS) is 1. The zero-order chi connectivity index (χ0) is 13.1.